The SMILES string of the molecule is O=C(Cn1cnc2ccc(Br)cc2c1=O)Nc1ccccc1N1CCOC1=O. The fourth-order valence-electron chi connectivity index (χ4n) is 3.02. The summed E-state index contributed by atoms with van der Waals surface area (Å²) in [5.74, 6) is -0.404. The molecule has 1 aliphatic heterocycles. The Bertz CT molecular complexity index is 1140. The third-order valence-electron chi connectivity index (χ3n) is 4.33. The number of fused-ring (bicyclic) bond motifs is 1. The largest absolute Gasteiger partial charge is 0.447 e. The van der Waals surface area contributed by atoms with Gasteiger partial charge in [0.25, 0.3) is 5.56 Å². The van der Waals surface area contributed by atoms with E-state index in [4.69, 9.17) is 4.74 Å². The van der Waals surface area contributed by atoms with Crippen molar-refractivity contribution in [2.24, 2.45) is 0 Å². The normalized spacial score (nSPS) is 13.6. The van der Waals surface area contributed by atoms with Gasteiger partial charge in [0, 0.05) is 4.47 Å². The highest BCUT2D eigenvalue weighted by Crippen LogP contribution is 2.28. The van der Waals surface area contributed by atoms with Crippen molar-refractivity contribution in [2.75, 3.05) is 23.4 Å². The maximum absolute atomic E-state index is 12.6. The Hall–Kier alpha value is -3.20. The number of hydrogen-bond donors (Lipinski definition) is 1. The van der Waals surface area contributed by atoms with Gasteiger partial charge in [-0.1, -0.05) is 28.1 Å². The molecule has 1 aromatic heterocycles. The van der Waals surface area contributed by atoms with E-state index in [1.54, 1.807) is 42.5 Å². The smallest absolute Gasteiger partial charge is 0.414 e. The van der Waals surface area contributed by atoms with Crippen LogP contribution in [0.4, 0.5) is 16.2 Å². The van der Waals surface area contributed by atoms with Crippen LogP contribution < -0.4 is 15.8 Å². The maximum atomic E-state index is 12.6. The number of carbonyl (C=O) groups is 2. The number of halogens is 1. The van der Waals surface area contributed by atoms with E-state index in [2.05, 4.69) is 26.2 Å². The highest BCUT2D eigenvalue weighted by Gasteiger charge is 2.26. The van der Waals surface area contributed by atoms with Crippen LogP contribution in [0, 0.1) is 0 Å². The van der Waals surface area contributed by atoms with Crippen LogP contribution in [0.15, 0.2) is 58.1 Å². The lowest BCUT2D eigenvalue weighted by Gasteiger charge is -2.17. The van der Waals surface area contributed by atoms with E-state index in [1.807, 2.05) is 0 Å². The second-order valence-corrected chi connectivity index (χ2v) is 7.09. The van der Waals surface area contributed by atoms with Crippen LogP contribution in [0.25, 0.3) is 10.9 Å². The topological polar surface area (TPSA) is 93.5 Å². The predicted octanol–water partition coefficient (Wildman–Crippen LogP) is 2.75. The highest BCUT2D eigenvalue weighted by molar-refractivity contribution is 9.10. The van der Waals surface area contributed by atoms with Gasteiger partial charge in [0.05, 0.1) is 35.1 Å². The van der Waals surface area contributed by atoms with Crippen molar-refractivity contribution in [2.45, 2.75) is 6.54 Å². The lowest BCUT2D eigenvalue weighted by Crippen LogP contribution is -2.29. The van der Waals surface area contributed by atoms with E-state index in [0.717, 1.165) is 4.47 Å². The summed E-state index contributed by atoms with van der Waals surface area (Å²) in [4.78, 5) is 42.7. The van der Waals surface area contributed by atoms with Crippen LogP contribution in [0.5, 0.6) is 0 Å². The summed E-state index contributed by atoms with van der Waals surface area (Å²) >= 11 is 3.33. The van der Waals surface area contributed by atoms with E-state index in [9.17, 15) is 14.4 Å². The number of amides is 2. The van der Waals surface area contributed by atoms with Crippen LogP contribution in [-0.4, -0.2) is 34.7 Å². The molecule has 2 amide bonds. The molecule has 0 radical (unpaired) electrons. The van der Waals surface area contributed by atoms with E-state index in [-0.39, 0.29) is 12.1 Å². The first-order valence-electron chi connectivity index (χ1n) is 8.51. The summed E-state index contributed by atoms with van der Waals surface area (Å²) in [5, 5.41) is 3.18. The standard InChI is InChI=1S/C19H15BrN4O4/c20-12-5-6-14-13(9-12)18(26)23(11-21-14)10-17(25)22-15-3-1-2-4-16(15)24-7-8-28-19(24)27/h1-6,9,11H,7-8,10H2,(H,22,25). The number of anilines is 2. The van der Waals surface area contributed by atoms with Crippen LogP contribution in [0.1, 0.15) is 0 Å². The highest BCUT2D eigenvalue weighted by atomic mass is 79.9. The molecule has 1 fully saturated rings. The predicted molar refractivity (Wildman–Crippen MR) is 107 cm³/mol. The number of nitrogens with zero attached hydrogens (tertiary/aromatic N) is 3. The fourth-order valence-corrected chi connectivity index (χ4v) is 3.38. The molecule has 8 nitrogen and oxygen atoms in total. The van der Waals surface area contributed by atoms with Gasteiger partial charge in [-0.3, -0.25) is 19.1 Å². The lowest BCUT2D eigenvalue weighted by atomic mass is 10.2. The minimum Gasteiger partial charge on any atom is -0.447 e. The molecule has 0 unspecified atom stereocenters. The second kappa shape index (κ2) is 7.43. The molecule has 3 aromatic rings. The van der Waals surface area contributed by atoms with Gasteiger partial charge >= 0.3 is 6.09 Å². The van der Waals surface area contributed by atoms with Crippen molar-refractivity contribution in [3.63, 3.8) is 0 Å². The quantitative estimate of drug-likeness (QED) is 0.670. The van der Waals surface area contributed by atoms with Crippen molar-refractivity contribution in [3.8, 4) is 0 Å². The van der Waals surface area contributed by atoms with Crippen molar-refractivity contribution in [3.05, 3.63) is 63.6 Å². The van der Waals surface area contributed by atoms with Gasteiger partial charge in [0.2, 0.25) is 5.91 Å². The minimum atomic E-state index is -0.456. The monoisotopic (exact) mass is 442 g/mol. The number of rotatable bonds is 4. The van der Waals surface area contributed by atoms with E-state index in [0.29, 0.717) is 35.4 Å². The van der Waals surface area contributed by atoms with Gasteiger partial charge < -0.3 is 10.1 Å². The van der Waals surface area contributed by atoms with Crippen molar-refractivity contribution < 1.29 is 14.3 Å². The molecule has 142 valence electrons. The zero-order valence-electron chi connectivity index (χ0n) is 14.6. The Morgan fingerprint density at radius 1 is 1.21 bits per heavy atom. The first-order chi connectivity index (χ1) is 13.5. The summed E-state index contributed by atoms with van der Waals surface area (Å²) in [6, 6.07) is 12.1. The molecular formula is C19H15BrN4O4. The van der Waals surface area contributed by atoms with Crippen molar-refractivity contribution in [1.29, 1.82) is 0 Å². The molecule has 9 heteroatoms. The lowest BCUT2D eigenvalue weighted by molar-refractivity contribution is -0.116. The van der Waals surface area contributed by atoms with Crippen LogP contribution in [0.3, 0.4) is 0 Å². The van der Waals surface area contributed by atoms with E-state index < -0.39 is 12.0 Å². The number of carbonyl (C=O) groups excluding carboxylic acids is 2. The van der Waals surface area contributed by atoms with Gasteiger partial charge in [0.15, 0.2) is 0 Å². The summed E-state index contributed by atoms with van der Waals surface area (Å²) in [6.07, 6.45) is 0.893. The van der Waals surface area contributed by atoms with Gasteiger partial charge in [-0.2, -0.15) is 0 Å². The molecule has 4 rings (SSSR count). The molecule has 28 heavy (non-hydrogen) atoms. The molecule has 0 saturated carbocycles. The Kier molecular flexibility index (Phi) is 4.82. The molecule has 0 aliphatic carbocycles. The number of para-hydroxylation sites is 2. The Morgan fingerprint density at radius 3 is 2.82 bits per heavy atom. The number of hydrogen-bond acceptors (Lipinski definition) is 5. The van der Waals surface area contributed by atoms with Crippen molar-refractivity contribution >= 4 is 50.2 Å². The summed E-state index contributed by atoms with van der Waals surface area (Å²) in [7, 11) is 0. The molecule has 2 heterocycles. The molecule has 1 saturated heterocycles. The number of cyclic esters (lactones) is 1. The number of benzene rings is 2. The van der Waals surface area contributed by atoms with Crippen LogP contribution in [0.2, 0.25) is 0 Å². The van der Waals surface area contributed by atoms with Gasteiger partial charge in [-0.15, -0.1) is 0 Å². The third-order valence-corrected chi connectivity index (χ3v) is 4.82. The molecule has 0 bridgehead atoms. The average Bonchev–Trinajstić information content (AvgIpc) is 3.11. The Balaban J connectivity index is 1.58. The van der Waals surface area contributed by atoms with Gasteiger partial charge in [-0.25, -0.2) is 9.78 Å². The number of nitrogens with one attached hydrogen (secondary N) is 1. The van der Waals surface area contributed by atoms with Crippen LogP contribution in [-0.2, 0) is 16.1 Å². The maximum Gasteiger partial charge on any atom is 0.414 e. The summed E-state index contributed by atoms with van der Waals surface area (Å²) in [5.41, 5.74) is 1.27. The number of aromatic nitrogens is 2. The van der Waals surface area contributed by atoms with Gasteiger partial charge in [-0.05, 0) is 30.3 Å². The third kappa shape index (κ3) is 3.48. The van der Waals surface area contributed by atoms with E-state index >= 15 is 0 Å². The average molecular weight is 443 g/mol. The molecule has 0 atom stereocenters. The summed E-state index contributed by atoms with van der Waals surface area (Å²) < 4.78 is 6.96. The molecule has 1 aliphatic rings. The zero-order chi connectivity index (χ0) is 19.7. The number of ether oxygens (including phenoxy) is 1. The molecule has 0 spiro atoms. The second-order valence-electron chi connectivity index (χ2n) is 6.17. The Morgan fingerprint density at radius 2 is 2.04 bits per heavy atom. The minimum absolute atomic E-state index is 0.201. The first-order valence-corrected chi connectivity index (χ1v) is 9.30. The van der Waals surface area contributed by atoms with Crippen LogP contribution >= 0.6 is 15.9 Å². The fraction of sp³-hybridized carbons (Fsp3) is 0.158. The molecule has 1 N–H and O–H groups in total. The van der Waals surface area contributed by atoms with Crippen molar-refractivity contribution in [1.82, 2.24) is 9.55 Å². The summed E-state index contributed by atoms with van der Waals surface area (Å²) in [6.45, 7) is 0.510. The van der Waals surface area contributed by atoms with Gasteiger partial charge in [0.1, 0.15) is 13.2 Å². The Labute approximate surface area is 167 Å². The molecular weight excluding hydrogens is 428 g/mol. The first kappa shape index (κ1) is 18.2. The zero-order valence-corrected chi connectivity index (χ0v) is 16.2. The van der Waals surface area contributed by atoms with E-state index in [1.165, 1.54) is 15.8 Å². The molecule has 2 aromatic carbocycles.